The topological polar surface area (TPSA) is 86.5 Å². The maximum absolute atomic E-state index is 12.1. The molecule has 140 valence electrons. The minimum atomic E-state index is -0.212. The van der Waals surface area contributed by atoms with Gasteiger partial charge in [0.05, 0.1) is 23.6 Å². The summed E-state index contributed by atoms with van der Waals surface area (Å²) in [6.07, 6.45) is 0. The van der Waals surface area contributed by atoms with E-state index in [2.05, 4.69) is 15.5 Å². The van der Waals surface area contributed by atoms with Crippen LogP contribution in [0.5, 0.6) is 11.5 Å². The Hall–Kier alpha value is -2.71. The number of halogens is 1. The van der Waals surface area contributed by atoms with Crippen molar-refractivity contribution in [2.24, 2.45) is 0 Å². The number of aromatic nitrogens is 2. The number of anilines is 1. The summed E-state index contributed by atoms with van der Waals surface area (Å²) in [5.41, 5.74) is 0.602. The Balaban J connectivity index is 1.49. The molecule has 9 heteroatoms. The van der Waals surface area contributed by atoms with Crippen molar-refractivity contribution in [1.29, 1.82) is 0 Å². The Bertz CT molecular complexity index is 919. The van der Waals surface area contributed by atoms with Gasteiger partial charge in [-0.2, -0.15) is 0 Å². The summed E-state index contributed by atoms with van der Waals surface area (Å²) in [5, 5.41) is 11.3. The molecule has 27 heavy (non-hydrogen) atoms. The summed E-state index contributed by atoms with van der Waals surface area (Å²) in [6.45, 7) is 0.0880. The molecular formula is C18H16ClN3O4S. The minimum absolute atomic E-state index is 0.0880. The van der Waals surface area contributed by atoms with Crippen molar-refractivity contribution in [2.75, 3.05) is 18.2 Å². The van der Waals surface area contributed by atoms with Gasteiger partial charge < -0.3 is 19.2 Å². The van der Waals surface area contributed by atoms with Gasteiger partial charge in [0.2, 0.25) is 5.91 Å². The number of hydrogen-bond donors (Lipinski definition) is 1. The molecule has 3 aromatic rings. The number of hydrogen-bond acceptors (Lipinski definition) is 7. The molecule has 1 heterocycles. The number of carbonyl (C=O) groups is 1. The number of nitrogens with one attached hydrogen (secondary N) is 1. The molecule has 3 rings (SSSR count). The fourth-order valence-electron chi connectivity index (χ4n) is 2.12. The van der Waals surface area contributed by atoms with Crippen LogP contribution >= 0.6 is 23.4 Å². The highest BCUT2D eigenvalue weighted by Crippen LogP contribution is 2.25. The smallest absolute Gasteiger partial charge is 0.277 e. The molecule has 7 nitrogen and oxygen atoms in total. The minimum Gasteiger partial charge on any atom is -0.495 e. The highest BCUT2D eigenvalue weighted by molar-refractivity contribution is 7.99. The molecule has 0 aliphatic rings. The van der Waals surface area contributed by atoms with Crippen LogP contribution in [0.25, 0.3) is 0 Å². The predicted octanol–water partition coefficient (Wildman–Crippen LogP) is 4.04. The third-order valence-electron chi connectivity index (χ3n) is 3.34. The van der Waals surface area contributed by atoms with Crippen LogP contribution < -0.4 is 14.8 Å². The number of nitrogens with zero attached hydrogens (tertiary/aromatic N) is 2. The van der Waals surface area contributed by atoms with Crippen LogP contribution in [0.1, 0.15) is 5.89 Å². The molecule has 1 N–H and O–H groups in total. The first-order valence-corrected chi connectivity index (χ1v) is 9.27. The van der Waals surface area contributed by atoms with Crippen LogP contribution in [0.15, 0.2) is 58.2 Å². The van der Waals surface area contributed by atoms with Gasteiger partial charge in [-0.05, 0) is 24.3 Å². The molecule has 1 amide bonds. The van der Waals surface area contributed by atoms with Gasteiger partial charge in [0.1, 0.15) is 11.5 Å². The zero-order valence-corrected chi connectivity index (χ0v) is 15.9. The second kappa shape index (κ2) is 9.29. The van der Waals surface area contributed by atoms with E-state index in [1.165, 1.54) is 0 Å². The Morgan fingerprint density at radius 2 is 1.89 bits per heavy atom. The van der Waals surface area contributed by atoms with E-state index in [0.717, 1.165) is 11.8 Å². The monoisotopic (exact) mass is 405 g/mol. The zero-order chi connectivity index (χ0) is 19.1. The molecule has 1 aromatic heterocycles. The van der Waals surface area contributed by atoms with Crippen LogP contribution in [0.4, 0.5) is 5.69 Å². The van der Waals surface area contributed by atoms with Gasteiger partial charge in [-0.1, -0.05) is 47.6 Å². The molecule has 0 spiro atoms. The summed E-state index contributed by atoms with van der Waals surface area (Å²) in [5.74, 6) is 1.32. The summed E-state index contributed by atoms with van der Waals surface area (Å²) in [7, 11) is 1.55. The highest BCUT2D eigenvalue weighted by atomic mass is 35.5. The van der Waals surface area contributed by atoms with Gasteiger partial charge in [-0.3, -0.25) is 4.79 Å². The van der Waals surface area contributed by atoms with Crippen molar-refractivity contribution in [2.45, 2.75) is 11.8 Å². The summed E-state index contributed by atoms with van der Waals surface area (Å²) >= 11 is 7.15. The number of para-hydroxylation sites is 3. The Morgan fingerprint density at radius 3 is 2.67 bits per heavy atom. The third-order valence-corrected chi connectivity index (χ3v) is 4.47. The lowest BCUT2D eigenvalue weighted by Gasteiger charge is -2.08. The van der Waals surface area contributed by atoms with Crippen LogP contribution in [0, 0.1) is 0 Å². The van der Waals surface area contributed by atoms with Crippen molar-refractivity contribution >= 4 is 35.0 Å². The number of rotatable bonds is 8. The number of methoxy groups -OCH3 is 1. The van der Waals surface area contributed by atoms with Crippen molar-refractivity contribution in [3.05, 3.63) is 59.4 Å². The largest absolute Gasteiger partial charge is 0.495 e. The van der Waals surface area contributed by atoms with Crippen molar-refractivity contribution in [3.8, 4) is 11.5 Å². The SMILES string of the molecule is COc1ccccc1NC(=O)CSc1nnc(COc2ccccc2Cl)o1. The number of benzene rings is 2. The number of thioether (sulfide) groups is 1. The van der Waals surface area contributed by atoms with E-state index in [1.54, 1.807) is 31.4 Å². The van der Waals surface area contributed by atoms with Crippen molar-refractivity contribution in [1.82, 2.24) is 10.2 Å². The molecule has 0 fully saturated rings. The van der Waals surface area contributed by atoms with Crippen molar-refractivity contribution in [3.63, 3.8) is 0 Å². The summed E-state index contributed by atoms with van der Waals surface area (Å²) in [4.78, 5) is 12.1. The maximum Gasteiger partial charge on any atom is 0.277 e. The third kappa shape index (κ3) is 5.38. The molecule has 0 atom stereocenters. The first-order valence-electron chi connectivity index (χ1n) is 7.91. The first kappa shape index (κ1) is 19.1. The number of amides is 1. The van der Waals surface area contributed by atoms with Crippen molar-refractivity contribution < 1.29 is 18.7 Å². The lowest BCUT2D eigenvalue weighted by molar-refractivity contribution is -0.113. The molecule has 0 saturated carbocycles. The van der Waals surface area contributed by atoms with Crippen LogP contribution in [0.2, 0.25) is 5.02 Å². The Morgan fingerprint density at radius 1 is 1.15 bits per heavy atom. The molecular weight excluding hydrogens is 390 g/mol. The van der Waals surface area contributed by atoms with Gasteiger partial charge >= 0.3 is 0 Å². The predicted molar refractivity (Wildman–Crippen MR) is 102 cm³/mol. The van der Waals surface area contributed by atoms with E-state index < -0.39 is 0 Å². The maximum atomic E-state index is 12.1. The van der Waals surface area contributed by atoms with E-state index in [9.17, 15) is 4.79 Å². The van der Waals surface area contributed by atoms with Gasteiger partial charge in [0, 0.05) is 0 Å². The fraction of sp³-hybridized carbons (Fsp3) is 0.167. The van der Waals surface area contributed by atoms with Crippen LogP contribution in [-0.4, -0.2) is 29.0 Å². The lowest BCUT2D eigenvalue weighted by Crippen LogP contribution is -2.14. The Kier molecular flexibility index (Phi) is 6.56. The van der Waals surface area contributed by atoms with E-state index >= 15 is 0 Å². The number of ether oxygens (including phenoxy) is 2. The normalized spacial score (nSPS) is 10.4. The molecule has 0 radical (unpaired) electrons. The molecule has 0 bridgehead atoms. The zero-order valence-electron chi connectivity index (χ0n) is 14.3. The summed E-state index contributed by atoms with van der Waals surface area (Å²) < 4.78 is 16.2. The summed E-state index contributed by atoms with van der Waals surface area (Å²) in [6, 6.07) is 14.3. The van der Waals surface area contributed by atoms with Crippen LogP contribution in [0.3, 0.4) is 0 Å². The average molecular weight is 406 g/mol. The average Bonchev–Trinajstić information content (AvgIpc) is 3.14. The number of carbonyl (C=O) groups excluding carboxylic acids is 1. The van der Waals surface area contributed by atoms with E-state index in [4.69, 9.17) is 25.5 Å². The first-order chi connectivity index (χ1) is 13.2. The molecule has 0 aliphatic carbocycles. The highest BCUT2D eigenvalue weighted by Gasteiger charge is 2.12. The van der Waals surface area contributed by atoms with Gasteiger partial charge in [0.15, 0.2) is 6.61 Å². The second-order valence-corrected chi connectivity index (χ2v) is 6.55. The standard InChI is InChI=1S/C18H16ClN3O4S/c1-24-15-9-5-3-7-13(15)20-16(23)11-27-18-22-21-17(26-18)10-25-14-8-4-2-6-12(14)19/h2-9H,10-11H2,1H3,(H,20,23). The lowest BCUT2D eigenvalue weighted by atomic mass is 10.3. The van der Waals surface area contributed by atoms with E-state index in [1.807, 2.05) is 24.3 Å². The molecule has 0 unspecified atom stereocenters. The molecule has 0 saturated heterocycles. The fourth-order valence-corrected chi connectivity index (χ4v) is 2.89. The van der Waals surface area contributed by atoms with Crippen LogP contribution in [-0.2, 0) is 11.4 Å². The quantitative estimate of drug-likeness (QED) is 0.566. The van der Waals surface area contributed by atoms with Gasteiger partial charge in [0.25, 0.3) is 11.1 Å². The molecule has 2 aromatic carbocycles. The van der Waals surface area contributed by atoms with E-state index in [-0.39, 0.29) is 23.5 Å². The second-order valence-electron chi connectivity index (χ2n) is 5.22. The van der Waals surface area contributed by atoms with E-state index in [0.29, 0.717) is 28.1 Å². The van der Waals surface area contributed by atoms with Gasteiger partial charge in [-0.25, -0.2) is 0 Å². The molecule has 0 aliphatic heterocycles. The Labute approximate surface area is 165 Å². The van der Waals surface area contributed by atoms with Gasteiger partial charge in [-0.15, -0.1) is 10.2 Å².